The molecule has 0 saturated heterocycles. The third kappa shape index (κ3) is 20.8. The van der Waals surface area contributed by atoms with Crippen LogP contribution >= 0.6 is 0 Å². The Labute approximate surface area is 102 Å². The highest BCUT2D eigenvalue weighted by molar-refractivity contribution is 5.67. The molecule has 0 spiro atoms. The van der Waals surface area contributed by atoms with Gasteiger partial charge in [-0.2, -0.15) is 0 Å². The average Bonchev–Trinajstić information content (AvgIpc) is 1.97. The van der Waals surface area contributed by atoms with E-state index in [1.807, 2.05) is 28.1 Å². The number of rotatable bonds is 6. The summed E-state index contributed by atoms with van der Waals surface area (Å²) in [6.07, 6.45) is 0.109. The van der Waals surface area contributed by atoms with E-state index in [-0.39, 0.29) is 6.42 Å². The van der Waals surface area contributed by atoms with E-state index in [4.69, 9.17) is 15.3 Å². The number of carboxylic acid groups (broad SMARTS) is 2. The Kier molecular flexibility index (Phi) is 9.60. The minimum atomic E-state index is -0.953. The fraction of sp³-hybridized carbons (Fsp3) is 0.818. The highest BCUT2D eigenvalue weighted by atomic mass is 16.4. The van der Waals surface area contributed by atoms with Gasteiger partial charge in [0.05, 0.1) is 27.6 Å². The first kappa shape index (κ1) is 18.2. The number of hydrogen-bond acceptors (Lipinski definition) is 3. The van der Waals surface area contributed by atoms with Gasteiger partial charge in [0.1, 0.15) is 12.6 Å². The average molecular weight is 250 g/mol. The summed E-state index contributed by atoms with van der Waals surface area (Å²) in [5, 5.41) is 25.4. The van der Waals surface area contributed by atoms with E-state index in [9.17, 15) is 9.59 Å². The van der Waals surface area contributed by atoms with Gasteiger partial charge in [-0.15, -0.1) is 0 Å². The van der Waals surface area contributed by atoms with E-state index in [1.54, 1.807) is 0 Å². The Morgan fingerprint density at radius 1 is 1.12 bits per heavy atom. The van der Waals surface area contributed by atoms with Crippen LogP contribution in [0.25, 0.3) is 0 Å². The fourth-order valence-corrected chi connectivity index (χ4v) is 1.11. The van der Waals surface area contributed by atoms with E-state index in [2.05, 4.69) is 0 Å². The summed E-state index contributed by atoms with van der Waals surface area (Å²) in [5.74, 6) is -1.66. The first-order valence-corrected chi connectivity index (χ1v) is 5.50. The van der Waals surface area contributed by atoms with Crippen molar-refractivity contribution in [2.75, 3.05) is 27.7 Å². The Bertz CT molecular complexity index is 235. The van der Waals surface area contributed by atoms with Crippen molar-refractivity contribution in [2.24, 2.45) is 0 Å². The maximum absolute atomic E-state index is 10.1. The van der Waals surface area contributed by atoms with Crippen molar-refractivity contribution in [3.63, 3.8) is 0 Å². The first-order valence-electron chi connectivity index (χ1n) is 5.50. The van der Waals surface area contributed by atoms with Crippen molar-refractivity contribution in [2.45, 2.75) is 32.3 Å². The van der Waals surface area contributed by atoms with Crippen LogP contribution in [0.2, 0.25) is 0 Å². The molecule has 0 amide bonds. The molecule has 0 aromatic carbocycles. The van der Waals surface area contributed by atoms with Gasteiger partial charge in [0.2, 0.25) is 0 Å². The third-order valence-electron chi connectivity index (χ3n) is 1.63. The number of carboxylic acids is 2. The monoisotopic (exact) mass is 250 g/mol. The summed E-state index contributed by atoms with van der Waals surface area (Å²) in [5.41, 5.74) is 0. The van der Waals surface area contributed by atoms with Gasteiger partial charge >= 0.3 is 11.9 Å². The minimum absolute atomic E-state index is 0.171. The number of nitrogens with zero attached hydrogens (tertiary/aromatic N) is 1. The molecule has 0 aliphatic carbocycles. The minimum Gasteiger partial charge on any atom is -0.481 e. The van der Waals surface area contributed by atoms with Crippen molar-refractivity contribution in [3.05, 3.63) is 0 Å². The van der Waals surface area contributed by atoms with Gasteiger partial charge in [-0.05, 0) is 6.42 Å². The zero-order valence-corrected chi connectivity index (χ0v) is 11.0. The molecule has 6 heteroatoms. The molecule has 0 bridgehead atoms. The maximum Gasteiger partial charge on any atom is 0.306 e. The lowest BCUT2D eigenvalue weighted by Gasteiger charge is -2.25. The van der Waals surface area contributed by atoms with Crippen molar-refractivity contribution in [1.29, 1.82) is 0 Å². The van der Waals surface area contributed by atoms with Gasteiger partial charge < -0.3 is 19.8 Å². The normalized spacial score (nSPS) is 12.3. The van der Waals surface area contributed by atoms with Crippen molar-refractivity contribution >= 4 is 11.9 Å². The Balaban J connectivity index is 0. The van der Waals surface area contributed by atoms with Gasteiger partial charge in [0.15, 0.2) is 0 Å². The zero-order chi connectivity index (χ0) is 14.1. The summed E-state index contributed by atoms with van der Waals surface area (Å²) in [6, 6.07) is 0. The van der Waals surface area contributed by atoms with Crippen molar-refractivity contribution in [3.8, 4) is 0 Å². The van der Waals surface area contributed by atoms with Gasteiger partial charge in [-0.25, -0.2) is 0 Å². The van der Waals surface area contributed by atoms with Crippen LogP contribution in [0.1, 0.15) is 26.2 Å². The summed E-state index contributed by atoms with van der Waals surface area (Å²) < 4.78 is 0.578. The Morgan fingerprint density at radius 2 is 1.59 bits per heavy atom. The van der Waals surface area contributed by atoms with Gasteiger partial charge in [0.25, 0.3) is 0 Å². The van der Waals surface area contributed by atoms with Gasteiger partial charge in [-0.3, -0.25) is 9.59 Å². The molecule has 0 aliphatic rings. The Morgan fingerprint density at radius 3 is 1.76 bits per heavy atom. The van der Waals surface area contributed by atoms with Crippen LogP contribution in [-0.4, -0.2) is 65.5 Å². The molecule has 0 aliphatic heterocycles. The zero-order valence-electron chi connectivity index (χ0n) is 11.0. The molecule has 0 unspecified atom stereocenters. The van der Waals surface area contributed by atoms with Crippen LogP contribution in [0, 0.1) is 0 Å². The lowest BCUT2D eigenvalue weighted by Crippen LogP contribution is -2.42. The number of carbonyl (C=O) groups is 2. The first-order chi connectivity index (χ1) is 7.58. The predicted octanol–water partition coefficient (Wildman–Crippen LogP) is 0.399. The third-order valence-corrected chi connectivity index (χ3v) is 1.63. The number of hydrogen-bond donors (Lipinski definition) is 3. The maximum atomic E-state index is 10.1. The van der Waals surface area contributed by atoms with Crippen LogP contribution in [0.4, 0.5) is 0 Å². The standard InChI is InChI=1S/C7H15NO3.C4H8O2/c1-8(2,3)5-6(9)4-7(10)11;1-2-3-4(5)6/h6,9H,4-5H2,1-3H3;2-3H2,1H3,(H,5,6)/p+1/t6-;/m0./s1. The Hall–Kier alpha value is -1.14. The van der Waals surface area contributed by atoms with Gasteiger partial charge in [-0.1, -0.05) is 6.92 Å². The number of quaternary nitrogens is 1. The smallest absolute Gasteiger partial charge is 0.306 e. The van der Waals surface area contributed by atoms with E-state index in [0.717, 1.165) is 6.42 Å². The van der Waals surface area contributed by atoms with Crippen molar-refractivity contribution < 1.29 is 29.4 Å². The highest BCUT2D eigenvalue weighted by Gasteiger charge is 2.17. The molecule has 0 aromatic heterocycles. The molecule has 0 rings (SSSR count). The van der Waals surface area contributed by atoms with Crippen LogP contribution in [-0.2, 0) is 9.59 Å². The van der Waals surface area contributed by atoms with E-state index >= 15 is 0 Å². The number of aliphatic carboxylic acids is 2. The van der Waals surface area contributed by atoms with E-state index in [1.165, 1.54) is 0 Å². The predicted molar refractivity (Wildman–Crippen MR) is 63.7 cm³/mol. The molecular formula is C11H24NO5+. The summed E-state index contributed by atoms with van der Waals surface area (Å²) in [7, 11) is 5.72. The summed E-state index contributed by atoms with van der Waals surface area (Å²) in [4.78, 5) is 19.7. The molecular weight excluding hydrogens is 226 g/mol. The van der Waals surface area contributed by atoms with Crippen LogP contribution < -0.4 is 0 Å². The second-order valence-corrected chi connectivity index (χ2v) is 4.87. The summed E-state index contributed by atoms with van der Waals surface area (Å²) >= 11 is 0. The number of aliphatic hydroxyl groups is 1. The molecule has 6 nitrogen and oxygen atoms in total. The number of aliphatic hydroxyl groups excluding tert-OH is 1. The molecule has 0 saturated carbocycles. The van der Waals surface area contributed by atoms with Crippen LogP contribution in [0.5, 0.6) is 0 Å². The van der Waals surface area contributed by atoms with Crippen LogP contribution in [0.3, 0.4) is 0 Å². The number of likely N-dealkylation sites (N-methyl/N-ethyl adjacent to an activating group) is 1. The highest BCUT2D eigenvalue weighted by Crippen LogP contribution is 1.98. The molecule has 0 radical (unpaired) electrons. The molecule has 102 valence electrons. The lowest BCUT2D eigenvalue weighted by atomic mass is 10.2. The lowest BCUT2D eigenvalue weighted by molar-refractivity contribution is -0.873. The molecule has 1 atom stereocenters. The quantitative estimate of drug-likeness (QED) is 0.593. The van der Waals surface area contributed by atoms with E-state index in [0.29, 0.717) is 17.4 Å². The van der Waals surface area contributed by atoms with Crippen molar-refractivity contribution in [1.82, 2.24) is 0 Å². The SMILES string of the molecule is CCCC(=O)O.C[N+](C)(C)C[C@@H](O)CC(=O)O. The molecule has 0 aromatic rings. The molecule has 0 fully saturated rings. The molecule has 3 N–H and O–H groups in total. The second-order valence-electron chi connectivity index (χ2n) is 4.87. The molecule has 17 heavy (non-hydrogen) atoms. The largest absolute Gasteiger partial charge is 0.481 e. The topological polar surface area (TPSA) is 94.8 Å². The van der Waals surface area contributed by atoms with E-state index < -0.39 is 18.0 Å². The van der Waals surface area contributed by atoms with Gasteiger partial charge in [0, 0.05) is 6.42 Å². The van der Waals surface area contributed by atoms with Crippen LogP contribution in [0.15, 0.2) is 0 Å². The molecule has 0 heterocycles. The second kappa shape index (κ2) is 8.95. The fourth-order valence-electron chi connectivity index (χ4n) is 1.11. The summed E-state index contributed by atoms with van der Waals surface area (Å²) in [6.45, 7) is 2.31.